The van der Waals surface area contributed by atoms with Crippen molar-refractivity contribution >= 4 is 39.1 Å². The molecule has 2 aromatic rings. The van der Waals surface area contributed by atoms with Crippen molar-refractivity contribution in [3.05, 3.63) is 54.1 Å². The average Bonchev–Trinajstić information content (AvgIpc) is 3.42. The molecule has 1 N–H and O–H groups in total. The third-order valence-electron chi connectivity index (χ3n) is 6.68. The number of anilines is 2. The molecular formula is C26H31N3O5S. The van der Waals surface area contributed by atoms with Gasteiger partial charge in [-0.2, -0.15) is 4.31 Å². The van der Waals surface area contributed by atoms with Gasteiger partial charge in [-0.15, -0.1) is 0 Å². The van der Waals surface area contributed by atoms with Gasteiger partial charge in [-0.3, -0.25) is 14.4 Å². The molecule has 8 nitrogen and oxygen atoms in total. The van der Waals surface area contributed by atoms with Crippen LogP contribution in [0.15, 0.2) is 53.4 Å². The Morgan fingerprint density at radius 1 is 1.00 bits per heavy atom. The molecule has 1 aliphatic heterocycles. The summed E-state index contributed by atoms with van der Waals surface area (Å²) in [5, 5.41) is 2.62. The van der Waals surface area contributed by atoms with Crippen molar-refractivity contribution in [2.75, 3.05) is 10.2 Å². The number of hydrogen-bond acceptors (Lipinski definition) is 5. The molecule has 1 atom stereocenters. The van der Waals surface area contributed by atoms with Gasteiger partial charge in [-0.25, -0.2) is 13.3 Å². The molecule has 186 valence electrons. The Hall–Kier alpha value is -3.04. The predicted molar refractivity (Wildman–Crippen MR) is 133 cm³/mol. The van der Waals surface area contributed by atoms with Crippen molar-refractivity contribution in [2.45, 2.75) is 75.8 Å². The highest BCUT2D eigenvalue weighted by molar-refractivity contribution is 7.89. The van der Waals surface area contributed by atoms with Gasteiger partial charge < -0.3 is 5.32 Å². The summed E-state index contributed by atoms with van der Waals surface area (Å²) >= 11 is 0. The summed E-state index contributed by atoms with van der Waals surface area (Å²) in [4.78, 5) is 39.0. The second kappa shape index (κ2) is 9.91. The van der Waals surface area contributed by atoms with Gasteiger partial charge in [0, 0.05) is 18.7 Å². The lowest BCUT2D eigenvalue weighted by Gasteiger charge is -2.32. The molecule has 1 aliphatic carbocycles. The molecule has 1 saturated carbocycles. The molecule has 1 saturated heterocycles. The SMILES string of the molecule is CC(=O)Nc1ccc(S(=O)(=O)N(C2CCCC2)C2CC(=O)N(c3ccc(C(C)C)cc3)C2=O)cc1. The second-order valence-corrected chi connectivity index (χ2v) is 11.4. The van der Waals surface area contributed by atoms with E-state index in [0.29, 0.717) is 30.1 Å². The van der Waals surface area contributed by atoms with Gasteiger partial charge in [-0.05, 0) is 60.7 Å². The monoisotopic (exact) mass is 497 g/mol. The van der Waals surface area contributed by atoms with E-state index < -0.39 is 27.9 Å². The van der Waals surface area contributed by atoms with E-state index >= 15 is 0 Å². The van der Waals surface area contributed by atoms with Crippen LogP contribution in [0.2, 0.25) is 0 Å². The van der Waals surface area contributed by atoms with Crippen molar-refractivity contribution in [3.8, 4) is 0 Å². The van der Waals surface area contributed by atoms with E-state index in [0.717, 1.165) is 23.3 Å². The minimum atomic E-state index is -4.07. The standard InChI is InChI=1S/C26H31N3O5S/c1-17(2)19-8-12-21(13-9-19)28-25(31)16-24(26(28)32)29(22-6-4-5-7-22)35(33,34)23-14-10-20(11-15-23)27-18(3)30/h8-15,17,22,24H,4-7,16H2,1-3H3,(H,27,30). The molecule has 3 amide bonds. The van der Waals surface area contributed by atoms with E-state index in [9.17, 15) is 22.8 Å². The van der Waals surface area contributed by atoms with Gasteiger partial charge >= 0.3 is 0 Å². The number of rotatable bonds is 7. The van der Waals surface area contributed by atoms with E-state index in [2.05, 4.69) is 19.2 Å². The summed E-state index contributed by atoms with van der Waals surface area (Å²) < 4.78 is 28.9. The van der Waals surface area contributed by atoms with Gasteiger partial charge in [0.2, 0.25) is 21.8 Å². The quantitative estimate of drug-likeness (QED) is 0.582. The summed E-state index contributed by atoms with van der Waals surface area (Å²) in [5.41, 5.74) is 2.02. The fourth-order valence-corrected chi connectivity index (χ4v) is 6.73. The number of nitrogens with zero attached hydrogens (tertiary/aromatic N) is 2. The summed E-state index contributed by atoms with van der Waals surface area (Å²) in [6, 6.07) is 11.7. The Labute approximate surface area is 206 Å². The molecule has 2 fully saturated rings. The maximum atomic E-state index is 13.8. The Balaban J connectivity index is 1.67. The van der Waals surface area contributed by atoms with Crippen LogP contribution >= 0.6 is 0 Å². The van der Waals surface area contributed by atoms with Gasteiger partial charge in [0.05, 0.1) is 17.0 Å². The van der Waals surface area contributed by atoms with Crippen LogP contribution in [0.25, 0.3) is 0 Å². The van der Waals surface area contributed by atoms with E-state index in [-0.39, 0.29) is 23.3 Å². The van der Waals surface area contributed by atoms with Gasteiger partial charge in [0.1, 0.15) is 6.04 Å². The number of amides is 3. The fourth-order valence-electron chi connectivity index (χ4n) is 4.91. The third-order valence-corrected chi connectivity index (χ3v) is 8.66. The molecule has 2 aliphatic rings. The van der Waals surface area contributed by atoms with Crippen LogP contribution in [0.4, 0.5) is 11.4 Å². The Morgan fingerprint density at radius 2 is 1.60 bits per heavy atom. The molecule has 0 aromatic heterocycles. The highest BCUT2D eigenvalue weighted by Crippen LogP contribution is 2.36. The number of sulfonamides is 1. The van der Waals surface area contributed by atoms with Crippen LogP contribution in [0.5, 0.6) is 0 Å². The number of imide groups is 1. The zero-order valence-electron chi connectivity index (χ0n) is 20.2. The summed E-state index contributed by atoms with van der Waals surface area (Å²) in [6.07, 6.45) is 2.83. The Morgan fingerprint density at radius 3 is 2.14 bits per heavy atom. The second-order valence-electron chi connectivity index (χ2n) is 9.51. The molecular weight excluding hydrogens is 466 g/mol. The number of carbonyl (C=O) groups is 3. The largest absolute Gasteiger partial charge is 0.326 e. The molecule has 0 spiro atoms. The first kappa shape index (κ1) is 25.1. The van der Waals surface area contributed by atoms with E-state index in [1.807, 2.05) is 12.1 Å². The lowest BCUT2D eigenvalue weighted by atomic mass is 10.0. The summed E-state index contributed by atoms with van der Waals surface area (Å²) in [6.45, 7) is 5.49. The molecule has 35 heavy (non-hydrogen) atoms. The first-order valence-corrected chi connectivity index (χ1v) is 13.4. The van der Waals surface area contributed by atoms with E-state index in [1.165, 1.54) is 35.5 Å². The van der Waals surface area contributed by atoms with Crippen LogP contribution in [0.3, 0.4) is 0 Å². The van der Waals surface area contributed by atoms with Crippen molar-refractivity contribution in [1.29, 1.82) is 0 Å². The van der Waals surface area contributed by atoms with Crippen molar-refractivity contribution in [2.24, 2.45) is 0 Å². The molecule has 1 heterocycles. The zero-order valence-corrected chi connectivity index (χ0v) is 21.0. The first-order chi connectivity index (χ1) is 16.6. The lowest BCUT2D eigenvalue weighted by molar-refractivity contribution is -0.122. The van der Waals surface area contributed by atoms with Crippen LogP contribution in [-0.4, -0.2) is 42.5 Å². The summed E-state index contributed by atoms with van der Waals surface area (Å²) in [7, 11) is -4.07. The zero-order chi connectivity index (χ0) is 25.3. The normalized spacial score (nSPS) is 19.2. The van der Waals surface area contributed by atoms with Crippen LogP contribution in [-0.2, 0) is 24.4 Å². The predicted octanol–water partition coefficient (Wildman–Crippen LogP) is 4.03. The molecule has 0 radical (unpaired) electrons. The fraction of sp³-hybridized carbons (Fsp3) is 0.423. The molecule has 9 heteroatoms. The number of nitrogens with one attached hydrogen (secondary N) is 1. The molecule has 1 unspecified atom stereocenters. The number of hydrogen-bond donors (Lipinski definition) is 1. The van der Waals surface area contributed by atoms with Gasteiger partial charge in [0.25, 0.3) is 5.91 Å². The minimum absolute atomic E-state index is 0.0264. The smallest absolute Gasteiger partial charge is 0.252 e. The van der Waals surface area contributed by atoms with Crippen molar-refractivity contribution in [3.63, 3.8) is 0 Å². The summed E-state index contributed by atoms with van der Waals surface area (Å²) in [5.74, 6) is -0.874. The van der Waals surface area contributed by atoms with Crippen molar-refractivity contribution in [1.82, 2.24) is 4.31 Å². The molecule has 2 aromatic carbocycles. The third kappa shape index (κ3) is 5.01. The van der Waals surface area contributed by atoms with Crippen LogP contribution in [0, 0.1) is 0 Å². The molecule has 4 rings (SSSR count). The Bertz CT molecular complexity index is 1220. The average molecular weight is 498 g/mol. The Kier molecular flexibility index (Phi) is 7.10. The van der Waals surface area contributed by atoms with E-state index in [4.69, 9.17) is 0 Å². The topological polar surface area (TPSA) is 104 Å². The first-order valence-electron chi connectivity index (χ1n) is 12.0. The number of benzene rings is 2. The lowest BCUT2D eigenvalue weighted by Crippen LogP contribution is -2.49. The van der Waals surface area contributed by atoms with Crippen molar-refractivity contribution < 1.29 is 22.8 Å². The van der Waals surface area contributed by atoms with Gasteiger partial charge in [0.15, 0.2) is 0 Å². The van der Waals surface area contributed by atoms with Gasteiger partial charge in [-0.1, -0.05) is 38.8 Å². The maximum absolute atomic E-state index is 13.8. The molecule has 0 bridgehead atoms. The van der Waals surface area contributed by atoms with Crippen LogP contribution in [0.1, 0.15) is 64.4 Å². The van der Waals surface area contributed by atoms with E-state index in [1.54, 1.807) is 12.1 Å². The minimum Gasteiger partial charge on any atom is -0.326 e. The highest BCUT2D eigenvalue weighted by atomic mass is 32.2. The number of carbonyl (C=O) groups excluding carboxylic acids is 3. The maximum Gasteiger partial charge on any atom is 0.252 e. The van der Waals surface area contributed by atoms with Crippen LogP contribution < -0.4 is 10.2 Å². The highest BCUT2D eigenvalue weighted by Gasteiger charge is 2.49.